The lowest BCUT2D eigenvalue weighted by Crippen LogP contribution is -2.30. The number of benzene rings is 2. The molecule has 0 unspecified atom stereocenters. The SMILES string of the molecule is CC.O=C(Nc1ccc(C(=O)O)cc1)/C(=C\c1ccco1)NC(=O)c1ccc(Br)cc1. The van der Waals surface area contributed by atoms with E-state index in [0.29, 0.717) is 17.0 Å². The number of furan rings is 1. The van der Waals surface area contributed by atoms with E-state index in [4.69, 9.17) is 9.52 Å². The molecule has 0 saturated heterocycles. The quantitative estimate of drug-likeness (QED) is 0.417. The molecule has 3 aromatic rings. The van der Waals surface area contributed by atoms with Crippen LogP contribution >= 0.6 is 15.9 Å². The topological polar surface area (TPSA) is 109 Å². The van der Waals surface area contributed by atoms with Gasteiger partial charge in [-0.25, -0.2) is 4.79 Å². The molecule has 0 fully saturated rings. The maximum atomic E-state index is 12.7. The van der Waals surface area contributed by atoms with E-state index in [9.17, 15) is 14.4 Å². The predicted octanol–water partition coefficient (Wildman–Crippen LogP) is 5.18. The van der Waals surface area contributed by atoms with Crippen molar-refractivity contribution in [2.75, 3.05) is 5.32 Å². The van der Waals surface area contributed by atoms with E-state index in [1.54, 1.807) is 36.4 Å². The average Bonchev–Trinajstić information content (AvgIpc) is 3.28. The number of halogens is 1. The minimum absolute atomic E-state index is 0.0322. The van der Waals surface area contributed by atoms with E-state index >= 15 is 0 Å². The van der Waals surface area contributed by atoms with Gasteiger partial charge < -0.3 is 20.2 Å². The zero-order valence-corrected chi connectivity index (χ0v) is 18.5. The summed E-state index contributed by atoms with van der Waals surface area (Å²) >= 11 is 3.30. The molecular weight excluding hydrogens is 464 g/mol. The summed E-state index contributed by atoms with van der Waals surface area (Å²) in [6, 6.07) is 15.6. The summed E-state index contributed by atoms with van der Waals surface area (Å²) in [6.07, 6.45) is 2.85. The van der Waals surface area contributed by atoms with Crippen LogP contribution in [0.25, 0.3) is 6.08 Å². The standard InChI is InChI=1S/C21H15BrN2O5.C2H6/c22-15-7-3-13(4-8-15)19(25)24-18(12-17-2-1-11-29-17)20(26)23-16-9-5-14(6-10-16)21(27)28;1-2/h1-12H,(H,23,26)(H,24,25)(H,27,28);1-2H3/b18-12+;. The van der Waals surface area contributed by atoms with Crippen molar-refractivity contribution in [1.82, 2.24) is 5.32 Å². The summed E-state index contributed by atoms with van der Waals surface area (Å²) in [5, 5.41) is 14.2. The molecule has 31 heavy (non-hydrogen) atoms. The minimum atomic E-state index is -1.07. The van der Waals surface area contributed by atoms with Crippen LogP contribution in [0.2, 0.25) is 0 Å². The summed E-state index contributed by atoms with van der Waals surface area (Å²) in [6.45, 7) is 4.00. The predicted molar refractivity (Wildman–Crippen MR) is 122 cm³/mol. The fourth-order valence-electron chi connectivity index (χ4n) is 2.36. The van der Waals surface area contributed by atoms with Crippen LogP contribution in [-0.4, -0.2) is 22.9 Å². The lowest BCUT2D eigenvalue weighted by molar-refractivity contribution is -0.113. The Kier molecular flexibility index (Phi) is 8.78. The Labute approximate surface area is 187 Å². The van der Waals surface area contributed by atoms with Gasteiger partial charge in [0.1, 0.15) is 11.5 Å². The Morgan fingerprint density at radius 1 is 0.935 bits per heavy atom. The smallest absolute Gasteiger partial charge is 0.335 e. The molecule has 2 aromatic carbocycles. The molecule has 160 valence electrons. The second-order valence-electron chi connectivity index (χ2n) is 5.87. The first-order valence-corrected chi connectivity index (χ1v) is 10.2. The van der Waals surface area contributed by atoms with Crippen molar-refractivity contribution in [2.24, 2.45) is 0 Å². The van der Waals surface area contributed by atoms with Gasteiger partial charge in [0.15, 0.2) is 0 Å². The van der Waals surface area contributed by atoms with Crippen molar-refractivity contribution in [3.63, 3.8) is 0 Å². The molecule has 0 atom stereocenters. The van der Waals surface area contributed by atoms with Gasteiger partial charge in [0, 0.05) is 21.8 Å². The molecule has 2 amide bonds. The summed E-state index contributed by atoms with van der Waals surface area (Å²) in [5.41, 5.74) is 0.813. The maximum Gasteiger partial charge on any atom is 0.335 e. The van der Waals surface area contributed by atoms with E-state index in [1.165, 1.54) is 36.6 Å². The van der Waals surface area contributed by atoms with Gasteiger partial charge in [0.25, 0.3) is 11.8 Å². The van der Waals surface area contributed by atoms with Crippen LogP contribution < -0.4 is 10.6 Å². The minimum Gasteiger partial charge on any atom is -0.478 e. The molecule has 0 aliphatic carbocycles. The summed E-state index contributed by atoms with van der Waals surface area (Å²) in [7, 11) is 0. The van der Waals surface area contributed by atoms with Gasteiger partial charge in [0.05, 0.1) is 11.8 Å². The van der Waals surface area contributed by atoms with E-state index in [2.05, 4.69) is 26.6 Å². The number of hydrogen-bond acceptors (Lipinski definition) is 4. The highest BCUT2D eigenvalue weighted by molar-refractivity contribution is 9.10. The van der Waals surface area contributed by atoms with E-state index in [-0.39, 0.29) is 11.3 Å². The number of carbonyl (C=O) groups is 3. The Morgan fingerprint density at radius 3 is 2.10 bits per heavy atom. The molecule has 7 nitrogen and oxygen atoms in total. The van der Waals surface area contributed by atoms with Crippen LogP contribution in [0.15, 0.2) is 81.5 Å². The second-order valence-corrected chi connectivity index (χ2v) is 6.79. The van der Waals surface area contributed by atoms with Gasteiger partial charge in [-0.05, 0) is 60.7 Å². The molecule has 0 saturated carbocycles. The van der Waals surface area contributed by atoms with Gasteiger partial charge in [0.2, 0.25) is 0 Å². The second kappa shape index (κ2) is 11.5. The third kappa shape index (κ3) is 6.97. The normalized spacial score (nSPS) is 10.5. The van der Waals surface area contributed by atoms with Crippen molar-refractivity contribution in [1.29, 1.82) is 0 Å². The largest absolute Gasteiger partial charge is 0.478 e. The highest BCUT2D eigenvalue weighted by Gasteiger charge is 2.16. The third-order valence-corrected chi connectivity index (χ3v) is 4.35. The molecule has 0 bridgehead atoms. The third-order valence-electron chi connectivity index (χ3n) is 3.82. The number of rotatable bonds is 6. The lowest BCUT2D eigenvalue weighted by atomic mass is 10.2. The van der Waals surface area contributed by atoms with E-state index in [1.807, 2.05) is 13.8 Å². The summed E-state index contributed by atoms with van der Waals surface area (Å²) in [4.78, 5) is 36.2. The number of aromatic carboxylic acids is 1. The summed E-state index contributed by atoms with van der Waals surface area (Å²) < 4.78 is 6.05. The fraction of sp³-hybridized carbons (Fsp3) is 0.0870. The maximum absolute atomic E-state index is 12.7. The van der Waals surface area contributed by atoms with Crippen LogP contribution in [0.4, 0.5) is 5.69 Å². The molecule has 0 spiro atoms. The molecular formula is C23H21BrN2O5. The Hall–Kier alpha value is -3.65. The molecule has 1 aromatic heterocycles. The van der Waals surface area contributed by atoms with Gasteiger partial charge >= 0.3 is 5.97 Å². The number of carboxylic acid groups (broad SMARTS) is 1. The molecule has 0 radical (unpaired) electrons. The van der Waals surface area contributed by atoms with Crippen molar-refractivity contribution in [2.45, 2.75) is 13.8 Å². The number of nitrogens with one attached hydrogen (secondary N) is 2. The number of hydrogen-bond donors (Lipinski definition) is 3. The zero-order chi connectivity index (χ0) is 22.8. The molecule has 0 aliphatic heterocycles. The van der Waals surface area contributed by atoms with Gasteiger partial charge in [-0.1, -0.05) is 29.8 Å². The first-order valence-electron chi connectivity index (χ1n) is 9.39. The lowest BCUT2D eigenvalue weighted by Gasteiger charge is -2.11. The zero-order valence-electron chi connectivity index (χ0n) is 16.9. The van der Waals surface area contributed by atoms with Crippen LogP contribution in [0.5, 0.6) is 0 Å². The first-order chi connectivity index (χ1) is 14.9. The highest BCUT2D eigenvalue weighted by Crippen LogP contribution is 2.14. The van der Waals surface area contributed by atoms with Crippen LogP contribution in [-0.2, 0) is 4.79 Å². The van der Waals surface area contributed by atoms with Gasteiger partial charge in [-0.2, -0.15) is 0 Å². The number of amides is 2. The van der Waals surface area contributed by atoms with Crippen molar-refractivity contribution in [3.05, 3.63) is 94.0 Å². The van der Waals surface area contributed by atoms with Crippen molar-refractivity contribution >= 4 is 45.5 Å². The van der Waals surface area contributed by atoms with Crippen LogP contribution in [0.1, 0.15) is 40.3 Å². The number of carboxylic acids is 1. The van der Waals surface area contributed by atoms with Crippen molar-refractivity contribution in [3.8, 4) is 0 Å². The first kappa shape index (κ1) is 23.6. The Morgan fingerprint density at radius 2 is 1.55 bits per heavy atom. The Balaban J connectivity index is 0.00000166. The number of anilines is 1. The molecule has 1 heterocycles. The monoisotopic (exact) mass is 484 g/mol. The van der Waals surface area contributed by atoms with Crippen LogP contribution in [0.3, 0.4) is 0 Å². The molecule has 3 N–H and O–H groups in total. The van der Waals surface area contributed by atoms with Crippen molar-refractivity contribution < 1.29 is 23.9 Å². The van der Waals surface area contributed by atoms with Crippen LogP contribution in [0, 0.1) is 0 Å². The van der Waals surface area contributed by atoms with Gasteiger partial charge in [-0.15, -0.1) is 0 Å². The fourth-order valence-corrected chi connectivity index (χ4v) is 2.63. The molecule has 3 rings (SSSR count). The molecule has 0 aliphatic rings. The molecule has 8 heteroatoms. The van der Waals surface area contributed by atoms with Gasteiger partial charge in [-0.3, -0.25) is 9.59 Å². The summed E-state index contributed by atoms with van der Waals surface area (Å²) in [5.74, 6) is -1.74. The Bertz CT molecular complexity index is 1060. The van der Waals surface area contributed by atoms with E-state index in [0.717, 1.165) is 4.47 Å². The van der Waals surface area contributed by atoms with E-state index < -0.39 is 17.8 Å². The average molecular weight is 485 g/mol. The highest BCUT2D eigenvalue weighted by atomic mass is 79.9. The number of carbonyl (C=O) groups excluding carboxylic acids is 2.